The van der Waals surface area contributed by atoms with Gasteiger partial charge in [0.2, 0.25) is 0 Å². The van der Waals surface area contributed by atoms with Crippen LogP contribution in [0.3, 0.4) is 0 Å². The molecule has 0 saturated carbocycles. The monoisotopic (exact) mass is 711 g/mol. The molecule has 0 fully saturated rings. The molecule has 2 heteroatoms. The van der Waals surface area contributed by atoms with Crippen LogP contribution >= 0.6 is 0 Å². The number of hydrogen-bond acceptors (Lipinski definition) is 2. The molecule has 0 radical (unpaired) electrons. The lowest BCUT2D eigenvalue weighted by Gasteiger charge is -2.05. The Balaban J connectivity index is 1.62. The van der Waals surface area contributed by atoms with Gasteiger partial charge in [0, 0.05) is 6.42 Å². The number of ether oxygens (including phenoxy) is 1. The molecule has 0 N–H and O–H groups in total. The van der Waals surface area contributed by atoms with Crippen molar-refractivity contribution in [2.24, 2.45) is 0 Å². The number of esters is 1. The predicted octanol–water partition coefficient (Wildman–Crippen LogP) is 17.6. The molecular weight excluding hydrogens is 621 g/mol. The van der Waals surface area contributed by atoms with E-state index < -0.39 is 0 Å². The van der Waals surface area contributed by atoms with Crippen LogP contribution in [0, 0.1) is 0 Å². The summed E-state index contributed by atoms with van der Waals surface area (Å²) < 4.78 is 5.35. The van der Waals surface area contributed by atoms with E-state index in [4.69, 9.17) is 4.74 Å². The molecule has 0 aliphatic carbocycles. The topological polar surface area (TPSA) is 26.3 Å². The van der Waals surface area contributed by atoms with E-state index in [0.29, 0.717) is 12.2 Å². The molecule has 0 heterocycles. The van der Waals surface area contributed by atoms with E-state index in [1.165, 1.54) is 244 Å². The third kappa shape index (κ3) is 38.2. The number of benzene rings is 1. The van der Waals surface area contributed by atoms with Crippen LogP contribution in [0.5, 0.6) is 5.75 Å². The number of rotatable bonds is 42. The van der Waals surface area contributed by atoms with Crippen LogP contribution in [0.25, 0.3) is 0 Å². The number of carbonyl (C=O) groups excluding carboxylic acids is 1. The van der Waals surface area contributed by atoms with E-state index in [1.54, 1.807) is 0 Å². The standard InChI is InChI=1S/C49H90O2/c1-2-3-4-5-6-7-8-9-10-11-12-13-14-15-16-17-18-19-20-21-22-23-24-25-26-27-28-29-30-31-32-33-34-35-36-37-38-39-40-44-47-49(50)51-48-45-42-41-43-46-48/h41-43,45-46H,2-40,44,47H2,1H3. The molecule has 1 rings (SSSR count). The average Bonchev–Trinajstić information content (AvgIpc) is 3.14. The summed E-state index contributed by atoms with van der Waals surface area (Å²) in [5, 5.41) is 0. The second kappa shape index (κ2) is 41.4. The first-order valence-electron chi connectivity index (χ1n) is 23.6. The third-order valence-electron chi connectivity index (χ3n) is 11.2. The van der Waals surface area contributed by atoms with Gasteiger partial charge >= 0.3 is 5.97 Å². The van der Waals surface area contributed by atoms with Gasteiger partial charge in [0.1, 0.15) is 5.75 Å². The van der Waals surface area contributed by atoms with Crippen molar-refractivity contribution in [2.75, 3.05) is 0 Å². The summed E-state index contributed by atoms with van der Waals surface area (Å²) in [6, 6.07) is 9.40. The Kier molecular flexibility index (Phi) is 38.8. The van der Waals surface area contributed by atoms with Crippen molar-refractivity contribution >= 4 is 5.97 Å². The first-order chi connectivity index (χ1) is 25.3. The van der Waals surface area contributed by atoms with Crippen LogP contribution in [0.15, 0.2) is 30.3 Å². The van der Waals surface area contributed by atoms with Gasteiger partial charge in [-0.2, -0.15) is 0 Å². The van der Waals surface area contributed by atoms with E-state index in [9.17, 15) is 4.79 Å². The van der Waals surface area contributed by atoms with Crippen LogP contribution in [-0.4, -0.2) is 5.97 Å². The van der Waals surface area contributed by atoms with E-state index in [1.807, 2.05) is 30.3 Å². The second-order valence-electron chi connectivity index (χ2n) is 16.3. The molecular formula is C49H90O2. The van der Waals surface area contributed by atoms with E-state index >= 15 is 0 Å². The van der Waals surface area contributed by atoms with Crippen LogP contribution < -0.4 is 4.74 Å². The highest BCUT2D eigenvalue weighted by Gasteiger charge is 2.04. The minimum atomic E-state index is -0.0992. The van der Waals surface area contributed by atoms with Crippen LogP contribution in [0.1, 0.15) is 270 Å². The first kappa shape index (κ1) is 47.7. The van der Waals surface area contributed by atoms with E-state index in [0.717, 1.165) is 12.8 Å². The summed E-state index contributed by atoms with van der Waals surface area (Å²) in [4.78, 5) is 11.9. The number of para-hydroxylation sites is 1. The molecule has 0 spiro atoms. The highest BCUT2D eigenvalue weighted by molar-refractivity contribution is 5.72. The number of carbonyl (C=O) groups is 1. The van der Waals surface area contributed by atoms with Crippen molar-refractivity contribution in [1.29, 1.82) is 0 Å². The zero-order valence-corrected chi connectivity index (χ0v) is 34.7. The fraction of sp³-hybridized carbons (Fsp3) is 0.857. The maximum absolute atomic E-state index is 11.9. The maximum atomic E-state index is 11.9. The smallest absolute Gasteiger partial charge is 0.311 e. The van der Waals surface area contributed by atoms with Crippen molar-refractivity contribution < 1.29 is 9.53 Å². The maximum Gasteiger partial charge on any atom is 0.311 e. The van der Waals surface area contributed by atoms with Crippen molar-refractivity contribution in [3.05, 3.63) is 30.3 Å². The molecule has 1 aromatic rings. The molecule has 51 heavy (non-hydrogen) atoms. The zero-order chi connectivity index (χ0) is 36.4. The lowest BCUT2D eigenvalue weighted by molar-refractivity contribution is -0.134. The van der Waals surface area contributed by atoms with Gasteiger partial charge in [-0.15, -0.1) is 0 Å². The summed E-state index contributed by atoms with van der Waals surface area (Å²) in [7, 11) is 0. The fourth-order valence-electron chi connectivity index (χ4n) is 7.73. The van der Waals surface area contributed by atoms with Crippen LogP contribution in [0.2, 0.25) is 0 Å². The SMILES string of the molecule is CCCCCCCCCCCCCCCCCCCCCCCCCCCCCCCCCCCCCCCCCCC(=O)Oc1ccccc1. The summed E-state index contributed by atoms with van der Waals surface area (Å²) in [5.41, 5.74) is 0. The minimum absolute atomic E-state index is 0.0992. The normalized spacial score (nSPS) is 11.4. The molecule has 0 amide bonds. The van der Waals surface area contributed by atoms with Gasteiger partial charge in [-0.3, -0.25) is 4.79 Å². The summed E-state index contributed by atoms with van der Waals surface area (Å²) in [5.74, 6) is 0.558. The quantitative estimate of drug-likeness (QED) is 0.0383. The molecule has 0 bridgehead atoms. The molecule has 0 aliphatic heterocycles. The molecule has 0 saturated heterocycles. The largest absolute Gasteiger partial charge is 0.427 e. The van der Waals surface area contributed by atoms with Gasteiger partial charge in [0.05, 0.1) is 0 Å². The number of hydrogen-bond donors (Lipinski definition) is 0. The van der Waals surface area contributed by atoms with E-state index in [2.05, 4.69) is 6.92 Å². The summed E-state index contributed by atoms with van der Waals surface area (Å²) in [6.45, 7) is 2.31. The Labute approximate surface area is 320 Å². The van der Waals surface area contributed by atoms with Crippen molar-refractivity contribution in [1.82, 2.24) is 0 Å². The van der Waals surface area contributed by atoms with Crippen LogP contribution in [-0.2, 0) is 4.79 Å². The Hall–Kier alpha value is -1.31. The molecule has 0 atom stereocenters. The molecule has 1 aromatic carbocycles. The molecule has 0 aromatic heterocycles. The van der Waals surface area contributed by atoms with Gasteiger partial charge in [-0.25, -0.2) is 0 Å². The molecule has 0 aliphatic rings. The highest BCUT2D eigenvalue weighted by Crippen LogP contribution is 2.18. The Morgan fingerprint density at radius 2 is 0.549 bits per heavy atom. The Morgan fingerprint density at radius 1 is 0.333 bits per heavy atom. The van der Waals surface area contributed by atoms with Gasteiger partial charge in [0.15, 0.2) is 0 Å². The van der Waals surface area contributed by atoms with E-state index in [-0.39, 0.29) is 5.97 Å². The van der Waals surface area contributed by atoms with Gasteiger partial charge < -0.3 is 4.74 Å². The summed E-state index contributed by atoms with van der Waals surface area (Å²) in [6.07, 6.45) is 57.8. The fourth-order valence-corrected chi connectivity index (χ4v) is 7.73. The zero-order valence-electron chi connectivity index (χ0n) is 34.7. The third-order valence-corrected chi connectivity index (χ3v) is 11.2. The second-order valence-corrected chi connectivity index (χ2v) is 16.3. The lowest BCUT2D eigenvalue weighted by atomic mass is 10.0. The lowest BCUT2D eigenvalue weighted by Crippen LogP contribution is -2.07. The minimum Gasteiger partial charge on any atom is -0.427 e. The highest BCUT2D eigenvalue weighted by atomic mass is 16.5. The van der Waals surface area contributed by atoms with Gasteiger partial charge in [0.25, 0.3) is 0 Å². The molecule has 2 nitrogen and oxygen atoms in total. The molecule has 298 valence electrons. The average molecular weight is 711 g/mol. The first-order valence-corrected chi connectivity index (χ1v) is 23.6. The van der Waals surface area contributed by atoms with Gasteiger partial charge in [-0.05, 0) is 18.6 Å². The van der Waals surface area contributed by atoms with Crippen LogP contribution in [0.4, 0.5) is 0 Å². The predicted molar refractivity (Wildman–Crippen MR) is 227 cm³/mol. The Bertz CT molecular complexity index is 789. The summed E-state index contributed by atoms with van der Waals surface area (Å²) >= 11 is 0. The molecule has 0 unspecified atom stereocenters. The van der Waals surface area contributed by atoms with Crippen molar-refractivity contribution in [3.8, 4) is 5.75 Å². The number of unbranched alkanes of at least 4 members (excludes halogenated alkanes) is 39. The van der Waals surface area contributed by atoms with Gasteiger partial charge in [-0.1, -0.05) is 276 Å². The van der Waals surface area contributed by atoms with Crippen molar-refractivity contribution in [2.45, 2.75) is 270 Å². The Morgan fingerprint density at radius 3 is 0.784 bits per heavy atom. The van der Waals surface area contributed by atoms with Crippen molar-refractivity contribution in [3.63, 3.8) is 0 Å².